The average Bonchev–Trinajstić information content (AvgIpc) is 2.83. The fraction of sp³-hybridized carbons (Fsp3) is 0.250. The molecule has 0 radical (unpaired) electrons. The number of thiazole rings is 1. The fourth-order valence-corrected chi connectivity index (χ4v) is 3.83. The number of aromatic nitrogens is 1. The monoisotopic (exact) mass is 390 g/mol. The van der Waals surface area contributed by atoms with Crippen molar-refractivity contribution in [3.05, 3.63) is 40.5 Å². The number of anilines is 1. The Bertz CT molecular complexity index is 823. The first-order valence-corrected chi connectivity index (χ1v) is 8.34. The molecule has 0 aliphatic rings. The van der Waals surface area contributed by atoms with Crippen LogP contribution in [0.15, 0.2) is 28.6 Å². The zero-order valence-corrected chi connectivity index (χ0v) is 13.3. The molecule has 1 heterocycles. The molecule has 4 nitrogen and oxygen atoms in total. The van der Waals surface area contributed by atoms with Gasteiger partial charge in [-0.3, -0.25) is 4.72 Å². The van der Waals surface area contributed by atoms with E-state index in [0.717, 1.165) is 17.5 Å². The van der Waals surface area contributed by atoms with Crippen molar-refractivity contribution in [1.82, 2.24) is 4.98 Å². The maximum Gasteiger partial charge on any atom is 0.416 e. The van der Waals surface area contributed by atoms with Crippen LogP contribution in [0.1, 0.15) is 16.1 Å². The quantitative estimate of drug-likeness (QED) is 0.796. The largest absolute Gasteiger partial charge is 0.416 e. The summed E-state index contributed by atoms with van der Waals surface area (Å²) in [5, 5.41) is 0.371. The smallest absolute Gasteiger partial charge is 0.279 e. The molecule has 132 valence electrons. The normalized spacial score (nSPS) is 13.1. The molecule has 12 heteroatoms. The molecule has 0 fully saturated rings. The Hall–Kier alpha value is -1.82. The lowest BCUT2D eigenvalue weighted by atomic mass is 10.1. The van der Waals surface area contributed by atoms with Gasteiger partial charge in [0, 0.05) is 0 Å². The SMILES string of the molecule is Cc1ncc(S(=O)(=O)Nc2cc(C(F)(F)F)cc(C(F)(F)F)c2)s1. The van der Waals surface area contributed by atoms with Crippen LogP contribution in [-0.4, -0.2) is 13.4 Å². The van der Waals surface area contributed by atoms with Crippen LogP contribution in [0.2, 0.25) is 0 Å². The summed E-state index contributed by atoms with van der Waals surface area (Å²) in [6, 6.07) is 0.496. The second kappa shape index (κ2) is 5.92. The topological polar surface area (TPSA) is 59.1 Å². The number of nitrogens with one attached hydrogen (secondary N) is 1. The van der Waals surface area contributed by atoms with Gasteiger partial charge in [0.05, 0.1) is 28.0 Å². The Labute approximate surface area is 136 Å². The number of alkyl halides is 6. The third-order valence-corrected chi connectivity index (χ3v) is 5.46. The van der Waals surface area contributed by atoms with E-state index in [9.17, 15) is 34.8 Å². The van der Waals surface area contributed by atoms with Gasteiger partial charge in [0.1, 0.15) is 0 Å². The Morgan fingerprint density at radius 3 is 1.88 bits per heavy atom. The molecule has 0 saturated carbocycles. The lowest BCUT2D eigenvalue weighted by Gasteiger charge is -2.15. The van der Waals surface area contributed by atoms with Crippen molar-refractivity contribution >= 4 is 27.0 Å². The zero-order valence-electron chi connectivity index (χ0n) is 11.7. The van der Waals surface area contributed by atoms with Gasteiger partial charge in [0.25, 0.3) is 10.0 Å². The van der Waals surface area contributed by atoms with Gasteiger partial charge >= 0.3 is 12.4 Å². The van der Waals surface area contributed by atoms with Crippen LogP contribution in [0.25, 0.3) is 0 Å². The molecule has 1 aromatic heterocycles. The summed E-state index contributed by atoms with van der Waals surface area (Å²) < 4.78 is 102. The molecule has 0 atom stereocenters. The zero-order chi connectivity index (χ0) is 18.3. The predicted octanol–water partition coefficient (Wildman–Crippen LogP) is 4.29. The first-order chi connectivity index (χ1) is 10.8. The third kappa shape index (κ3) is 4.17. The minimum atomic E-state index is -5.07. The number of nitrogens with zero attached hydrogens (tertiary/aromatic N) is 1. The number of halogens is 6. The maximum absolute atomic E-state index is 12.7. The van der Waals surface area contributed by atoms with E-state index in [4.69, 9.17) is 0 Å². The Morgan fingerprint density at radius 1 is 1.00 bits per heavy atom. The highest BCUT2D eigenvalue weighted by Crippen LogP contribution is 2.38. The number of benzene rings is 1. The van der Waals surface area contributed by atoms with Crippen LogP contribution in [0.3, 0.4) is 0 Å². The summed E-state index contributed by atoms with van der Waals surface area (Å²) in [6.07, 6.45) is -9.17. The molecule has 2 aromatic rings. The van der Waals surface area contributed by atoms with Crippen LogP contribution in [-0.2, 0) is 22.4 Å². The lowest BCUT2D eigenvalue weighted by molar-refractivity contribution is -0.143. The summed E-state index contributed by atoms with van der Waals surface area (Å²) in [7, 11) is -4.35. The van der Waals surface area contributed by atoms with Crippen molar-refractivity contribution in [2.75, 3.05) is 4.72 Å². The van der Waals surface area contributed by atoms with Crippen molar-refractivity contribution in [3.63, 3.8) is 0 Å². The Kier molecular flexibility index (Phi) is 4.57. The van der Waals surface area contributed by atoms with Gasteiger partial charge in [0.2, 0.25) is 0 Å². The Morgan fingerprint density at radius 2 is 1.50 bits per heavy atom. The molecule has 0 unspecified atom stereocenters. The standard InChI is InChI=1S/C12H8F6N2O2S2/c1-6-19-5-10(23-6)24(21,22)20-9-3-7(11(13,14)15)2-8(4-9)12(16,17)18/h2-5,20H,1H3. The third-order valence-electron chi connectivity index (χ3n) is 2.70. The summed E-state index contributed by atoms with van der Waals surface area (Å²) in [5.74, 6) is 0. The molecule has 0 spiro atoms. The first-order valence-electron chi connectivity index (χ1n) is 6.04. The van der Waals surface area contributed by atoms with E-state index in [1.165, 1.54) is 6.92 Å². The predicted molar refractivity (Wildman–Crippen MR) is 74.1 cm³/mol. The molecule has 0 amide bonds. The van der Waals surface area contributed by atoms with Crippen molar-refractivity contribution in [1.29, 1.82) is 0 Å². The van der Waals surface area contributed by atoms with Gasteiger partial charge in [-0.25, -0.2) is 13.4 Å². The van der Waals surface area contributed by atoms with Crippen LogP contribution in [0.4, 0.5) is 32.0 Å². The molecule has 0 aliphatic heterocycles. The summed E-state index contributed by atoms with van der Waals surface area (Å²) in [4.78, 5) is 3.68. The molecule has 2 rings (SSSR count). The highest BCUT2D eigenvalue weighted by Gasteiger charge is 2.37. The molecular weight excluding hydrogens is 382 g/mol. The number of hydrogen-bond donors (Lipinski definition) is 1. The van der Waals surface area contributed by atoms with Crippen molar-refractivity contribution in [3.8, 4) is 0 Å². The van der Waals surface area contributed by atoms with Crippen LogP contribution < -0.4 is 4.72 Å². The van der Waals surface area contributed by atoms with Crippen molar-refractivity contribution in [2.24, 2.45) is 0 Å². The van der Waals surface area contributed by atoms with E-state index in [1.54, 1.807) is 4.72 Å². The first kappa shape index (κ1) is 18.5. The molecule has 1 aromatic carbocycles. The van der Waals surface area contributed by atoms with E-state index in [1.807, 2.05) is 0 Å². The molecule has 24 heavy (non-hydrogen) atoms. The van der Waals surface area contributed by atoms with Gasteiger partial charge in [-0.15, -0.1) is 11.3 Å². The van der Waals surface area contributed by atoms with Gasteiger partial charge in [-0.2, -0.15) is 26.3 Å². The number of aryl methyl sites for hydroxylation is 1. The number of rotatable bonds is 3. The lowest BCUT2D eigenvalue weighted by Crippen LogP contribution is -2.15. The molecule has 0 bridgehead atoms. The molecule has 0 aliphatic carbocycles. The summed E-state index contributed by atoms with van der Waals surface area (Å²) in [5.41, 5.74) is -4.07. The molecular formula is C12H8F6N2O2S2. The van der Waals surface area contributed by atoms with Gasteiger partial charge in [0.15, 0.2) is 4.21 Å². The van der Waals surface area contributed by atoms with Crippen molar-refractivity contribution in [2.45, 2.75) is 23.5 Å². The molecule has 0 saturated heterocycles. The van der Waals surface area contributed by atoms with Crippen LogP contribution in [0.5, 0.6) is 0 Å². The van der Waals surface area contributed by atoms with E-state index in [0.29, 0.717) is 17.1 Å². The van der Waals surface area contributed by atoms with Gasteiger partial charge in [-0.05, 0) is 25.1 Å². The second-order valence-corrected chi connectivity index (χ2v) is 7.74. The summed E-state index contributed by atoms with van der Waals surface area (Å²) >= 11 is 0.727. The summed E-state index contributed by atoms with van der Waals surface area (Å²) in [6.45, 7) is 1.50. The van der Waals surface area contributed by atoms with Gasteiger partial charge in [-0.1, -0.05) is 0 Å². The van der Waals surface area contributed by atoms with Gasteiger partial charge < -0.3 is 0 Å². The van der Waals surface area contributed by atoms with Crippen LogP contribution in [0, 0.1) is 6.92 Å². The Balaban J connectivity index is 2.50. The van der Waals surface area contributed by atoms with E-state index in [2.05, 4.69) is 4.98 Å². The van der Waals surface area contributed by atoms with Crippen molar-refractivity contribution < 1.29 is 34.8 Å². The second-order valence-electron chi connectivity index (χ2n) is 4.60. The van der Waals surface area contributed by atoms with E-state index in [-0.39, 0.29) is 10.3 Å². The fourth-order valence-electron chi connectivity index (χ4n) is 1.69. The number of sulfonamides is 1. The highest BCUT2D eigenvalue weighted by atomic mass is 32.2. The maximum atomic E-state index is 12.7. The van der Waals surface area contributed by atoms with E-state index < -0.39 is 39.2 Å². The number of hydrogen-bond acceptors (Lipinski definition) is 4. The van der Waals surface area contributed by atoms with E-state index >= 15 is 0 Å². The highest BCUT2D eigenvalue weighted by molar-refractivity contribution is 7.94. The van der Waals surface area contributed by atoms with Crippen LogP contribution >= 0.6 is 11.3 Å². The minimum absolute atomic E-state index is 0.0886. The molecule has 1 N–H and O–H groups in total. The minimum Gasteiger partial charge on any atom is -0.279 e. The average molecular weight is 390 g/mol.